The maximum absolute atomic E-state index is 13.6. The van der Waals surface area contributed by atoms with Crippen LogP contribution < -0.4 is 10.6 Å². The van der Waals surface area contributed by atoms with E-state index in [1.165, 1.54) is 4.90 Å². The minimum Gasteiger partial charge on any atom is -0.395 e. The van der Waals surface area contributed by atoms with Gasteiger partial charge in [0.15, 0.2) is 0 Å². The lowest BCUT2D eigenvalue weighted by Crippen LogP contribution is -2.56. The average Bonchev–Trinajstić information content (AvgIpc) is 3.34. The molecule has 3 fully saturated rings. The largest absolute Gasteiger partial charge is 0.395 e. The van der Waals surface area contributed by atoms with Gasteiger partial charge in [0.1, 0.15) is 11.6 Å². The number of aliphatic hydroxyl groups is 1. The Hall–Kier alpha value is -2.45. The molecule has 3 amide bonds. The Bertz CT molecular complexity index is 909. The van der Waals surface area contributed by atoms with Crippen LogP contribution in [0, 0.1) is 11.8 Å². The Labute approximate surface area is 195 Å². The fourth-order valence-corrected chi connectivity index (χ4v) is 6.20. The molecule has 3 heterocycles. The van der Waals surface area contributed by atoms with Crippen molar-refractivity contribution in [3.8, 4) is 0 Å². The molecule has 3 aliphatic heterocycles. The average molecular weight is 458 g/mol. The van der Waals surface area contributed by atoms with Gasteiger partial charge in [0.05, 0.1) is 24.0 Å². The molecule has 33 heavy (non-hydrogen) atoms. The Kier molecular flexibility index (Phi) is 6.51. The molecule has 180 valence electrons. The van der Waals surface area contributed by atoms with E-state index >= 15 is 0 Å². The summed E-state index contributed by atoms with van der Waals surface area (Å²) in [6, 6.07) is 8.71. The van der Waals surface area contributed by atoms with Gasteiger partial charge in [0, 0.05) is 19.1 Å². The number of benzene rings is 1. The summed E-state index contributed by atoms with van der Waals surface area (Å²) in [6.45, 7) is 6.01. The molecule has 1 aromatic rings. The van der Waals surface area contributed by atoms with Gasteiger partial charge in [-0.25, -0.2) is 0 Å². The number of nitrogens with one attached hydrogen (secondary N) is 2. The highest BCUT2D eigenvalue weighted by Crippen LogP contribution is 2.63. The normalized spacial score (nSPS) is 33.2. The molecule has 0 aliphatic carbocycles. The monoisotopic (exact) mass is 457 g/mol. The van der Waals surface area contributed by atoms with Crippen LogP contribution in [0.4, 0.5) is 0 Å². The number of β-amino-alcohol motifs (C(OH)–C–C–N with tert-alkyl or cyclic N) is 1. The van der Waals surface area contributed by atoms with Gasteiger partial charge < -0.3 is 25.4 Å². The number of amides is 3. The van der Waals surface area contributed by atoms with Crippen LogP contribution in [0.2, 0.25) is 0 Å². The molecule has 8 heteroatoms. The van der Waals surface area contributed by atoms with Crippen molar-refractivity contribution in [3.05, 3.63) is 35.9 Å². The van der Waals surface area contributed by atoms with E-state index in [2.05, 4.69) is 17.6 Å². The van der Waals surface area contributed by atoms with Crippen molar-refractivity contribution < 1.29 is 24.2 Å². The first-order valence-electron chi connectivity index (χ1n) is 12.0. The highest BCUT2D eigenvalue weighted by Gasteiger charge is 2.77. The summed E-state index contributed by atoms with van der Waals surface area (Å²) in [5.41, 5.74) is -0.886. The summed E-state index contributed by atoms with van der Waals surface area (Å²) in [7, 11) is 0. The van der Waals surface area contributed by atoms with Gasteiger partial charge >= 0.3 is 0 Å². The Balaban J connectivity index is 1.61. The van der Waals surface area contributed by atoms with E-state index in [9.17, 15) is 19.5 Å². The number of carbonyl (C=O) groups is 3. The molecule has 4 rings (SSSR count). The number of hydrogen-bond donors (Lipinski definition) is 3. The lowest BCUT2D eigenvalue weighted by atomic mass is 9.66. The number of hydrogen-bond acceptors (Lipinski definition) is 5. The van der Waals surface area contributed by atoms with Crippen molar-refractivity contribution in [1.82, 2.24) is 15.5 Å². The predicted molar refractivity (Wildman–Crippen MR) is 122 cm³/mol. The third-order valence-corrected chi connectivity index (χ3v) is 7.57. The van der Waals surface area contributed by atoms with Crippen molar-refractivity contribution in [2.24, 2.45) is 11.8 Å². The lowest BCUT2D eigenvalue weighted by Gasteiger charge is -2.34. The van der Waals surface area contributed by atoms with E-state index in [4.69, 9.17) is 4.74 Å². The standard InChI is InChI=1S/C25H35N3O5/c1-4-8-16(2)27-22(31)20-25-12-11-24(3,33-25)18(19(25)23(32)28(20)13-14-29)21(30)26-15-17-9-6-5-7-10-17/h5-7,9-10,16,18-20,29H,4,8,11-15H2,1-3H3,(H,26,30)(H,27,31)/t16?,18-,19-,20?,24+,25?/m0/s1. The number of likely N-dealkylation sites (tertiary alicyclic amines) is 1. The van der Waals surface area contributed by atoms with Crippen molar-refractivity contribution in [2.45, 2.75) is 76.3 Å². The van der Waals surface area contributed by atoms with Crippen LogP contribution in [0.15, 0.2) is 30.3 Å². The van der Waals surface area contributed by atoms with Crippen molar-refractivity contribution in [3.63, 3.8) is 0 Å². The van der Waals surface area contributed by atoms with Crippen LogP contribution in [0.25, 0.3) is 0 Å². The van der Waals surface area contributed by atoms with E-state index in [0.717, 1.165) is 18.4 Å². The van der Waals surface area contributed by atoms with Crippen molar-refractivity contribution in [1.29, 1.82) is 0 Å². The van der Waals surface area contributed by atoms with Crippen molar-refractivity contribution >= 4 is 17.7 Å². The molecule has 0 aromatic heterocycles. The maximum atomic E-state index is 13.6. The van der Waals surface area contributed by atoms with Gasteiger partial charge in [-0.3, -0.25) is 14.4 Å². The van der Waals surface area contributed by atoms with Gasteiger partial charge in [-0.2, -0.15) is 0 Å². The minimum atomic E-state index is -1.05. The molecule has 6 atom stereocenters. The fraction of sp³-hybridized carbons (Fsp3) is 0.640. The van der Waals surface area contributed by atoms with Crippen LogP contribution >= 0.6 is 0 Å². The molecule has 3 N–H and O–H groups in total. The van der Waals surface area contributed by atoms with E-state index in [1.54, 1.807) is 0 Å². The second kappa shape index (κ2) is 9.06. The van der Waals surface area contributed by atoms with Crippen LogP contribution in [-0.4, -0.2) is 64.2 Å². The molecule has 2 bridgehead atoms. The molecule has 1 aromatic carbocycles. The number of ether oxygens (including phenoxy) is 1. The first-order chi connectivity index (χ1) is 15.8. The quantitative estimate of drug-likeness (QED) is 0.519. The Morgan fingerprint density at radius 1 is 1.24 bits per heavy atom. The zero-order valence-electron chi connectivity index (χ0n) is 19.7. The summed E-state index contributed by atoms with van der Waals surface area (Å²) < 4.78 is 6.51. The maximum Gasteiger partial charge on any atom is 0.246 e. The minimum absolute atomic E-state index is 0.0375. The molecule has 8 nitrogen and oxygen atoms in total. The highest BCUT2D eigenvalue weighted by atomic mass is 16.5. The van der Waals surface area contributed by atoms with Crippen LogP contribution in [0.3, 0.4) is 0 Å². The van der Waals surface area contributed by atoms with Crippen LogP contribution in [0.1, 0.15) is 52.0 Å². The lowest BCUT2D eigenvalue weighted by molar-refractivity contribution is -0.146. The second-order valence-corrected chi connectivity index (χ2v) is 9.88. The SMILES string of the molecule is CCCC(C)NC(=O)C1N(CCO)C(=O)[C@@H]2[C@@H](C(=O)NCc3ccccc3)[C@@]3(C)CCC12O3. The van der Waals surface area contributed by atoms with E-state index in [0.29, 0.717) is 19.4 Å². The molecule has 1 spiro atoms. The topological polar surface area (TPSA) is 108 Å². The van der Waals surface area contributed by atoms with Gasteiger partial charge in [-0.1, -0.05) is 43.7 Å². The van der Waals surface area contributed by atoms with E-state index in [-0.39, 0.29) is 36.9 Å². The smallest absolute Gasteiger partial charge is 0.246 e. The molecular formula is C25H35N3O5. The summed E-state index contributed by atoms with van der Waals surface area (Å²) in [5.74, 6) is -2.21. The Morgan fingerprint density at radius 2 is 1.97 bits per heavy atom. The van der Waals surface area contributed by atoms with Gasteiger partial charge in [-0.15, -0.1) is 0 Å². The summed E-state index contributed by atoms with van der Waals surface area (Å²) >= 11 is 0. The second-order valence-electron chi connectivity index (χ2n) is 9.88. The molecular weight excluding hydrogens is 422 g/mol. The first kappa shape index (κ1) is 23.7. The third kappa shape index (κ3) is 3.93. The molecule has 3 unspecified atom stereocenters. The van der Waals surface area contributed by atoms with E-state index in [1.807, 2.05) is 44.2 Å². The zero-order chi connectivity index (χ0) is 23.8. The fourth-order valence-electron chi connectivity index (χ4n) is 6.20. The zero-order valence-corrected chi connectivity index (χ0v) is 19.7. The van der Waals surface area contributed by atoms with Gasteiger partial charge in [-0.05, 0) is 38.7 Å². The van der Waals surface area contributed by atoms with Crippen molar-refractivity contribution in [2.75, 3.05) is 13.2 Å². The summed E-state index contributed by atoms with van der Waals surface area (Å²) in [6.07, 6.45) is 2.88. The number of carbonyl (C=O) groups excluding carboxylic acids is 3. The molecule has 3 aliphatic rings. The third-order valence-electron chi connectivity index (χ3n) is 7.57. The number of aliphatic hydroxyl groups excluding tert-OH is 1. The Morgan fingerprint density at radius 3 is 2.64 bits per heavy atom. The molecule has 0 saturated carbocycles. The summed E-state index contributed by atoms with van der Waals surface area (Å²) in [5, 5.41) is 15.6. The number of fused-ring (bicyclic) bond motifs is 1. The predicted octanol–water partition coefficient (Wildman–Crippen LogP) is 1.36. The van der Waals surface area contributed by atoms with Gasteiger partial charge in [0.2, 0.25) is 17.7 Å². The highest BCUT2D eigenvalue weighted by molar-refractivity contribution is 5.99. The van der Waals surface area contributed by atoms with Crippen LogP contribution in [0.5, 0.6) is 0 Å². The molecule has 0 radical (unpaired) electrons. The van der Waals surface area contributed by atoms with Gasteiger partial charge in [0.25, 0.3) is 0 Å². The number of nitrogens with zero attached hydrogens (tertiary/aromatic N) is 1. The summed E-state index contributed by atoms with van der Waals surface area (Å²) in [4.78, 5) is 41.8. The van der Waals surface area contributed by atoms with E-state index < -0.39 is 29.1 Å². The number of rotatable bonds is 9. The molecule has 3 saturated heterocycles. The first-order valence-corrected chi connectivity index (χ1v) is 12.0. The van der Waals surface area contributed by atoms with Crippen LogP contribution in [-0.2, 0) is 25.7 Å².